The molecule has 4 heteroatoms. The Morgan fingerprint density at radius 3 is 2.50 bits per heavy atom. The van der Waals surface area contributed by atoms with Crippen LogP contribution in [-0.4, -0.2) is 22.4 Å². The average molecular weight is 324 g/mol. The quantitative estimate of drug-likeness (QED) is 0.686. The van der Waals surface area contributed by atoms with Gasteiger partial charge in [0.15, 0.2) is 0 Å². The molecular weight excluding hydrogens is 303 g/mol. The SMILES string of the molecule is CCn1cc(C(=O)N(C)[C@@H](C)c2ccc(F)cc2)c2ccccc21. The number of rotatable bonds is 4. The molecule has 0 radical (unpaired) electrons. The summed E-state index contributed by atoms with van der Waals surface area (Å²) in [7, 11) is 1.79. The summed E-state index contributed by atoms with van der Waals surface area (Å²) in [5.41, 5.74) is 2.67. The molecule has 24 heavy (non-hydrogen) atoms. The summed E-state index contributed by atoms with van der Waals surface area (Å²) < 4.78 is 15.2. The van der Waals surface area contributed by atoms with Gasteiger partial charge in [0.2, 0.25) is 0 Å². The van der Waals surface area contributed by atoms with Crippen LogP contribution in [0.1, 0.15) is 35.8 Å². The van der Waals surface area contributed by atoms with Crippen molar-refractivity contribution in [3.63, 3.8) is 0 Å². The summed E-state index contributed by atoms with van der Waals surface area (Å²) in [5, 5.41) is 0.961. The van der Waals surface area contributed by atoms with E-state index in [9.17, 15) is 9.18 Å². The minimum Gasteiger partial charge on any atom is -0.347 e. The third kappa shape index (κ3) is 2.80. The molecule has 1 heterocycles. The lowest BCUT2D eigenvalue weighted by molar-refractivity contribution is 0.0744. The third-order valence-corrected chi connectivity index (χ3v) is 4.61. The molecule has 0 N–H and O–H groups in total. The number of hydrogen-bond donors (Lipinski definition) is 0. The maximum absolute atomic E-state index is 13.1. The molecular formula is C20H21FN2O. The Kier molecular flexibility index (Phi) is 4.38. The number of aromatic nitrogens is 1. The second-order valence-corrected chi connectivity index (χ2v) is 5.99. The van der Waals surface area contributed by atoms with Crippen LogP contribution in [0.25, 0.3) is 10.9 Å². The van der Waals surface area contributed by atoms with Gasteiger partial charge in [0.1, 0.15) is 5.82 Å². The third-order valence-electron chi connectivity index (χ3n) is 4.61. The van der Waals surface area contributed by atoms with Gasteiger partial charge >= 0.3 is 0 Å². The maximum Gasteiger partial charge on any atom is 0.256 e. The first-order valence-electron chi connectivity index (χ1n) is 8.13. The van der Waals surface area contributed by atoms with Crippen molar-refractivity contribution < 1.29 is 9.18 Å². The van der Waals surface area contributed by atoms with E-state index >= 15 is 0 Å². The second kappa shape index (κ2) is 6.48. The fraction of sp³-hybridized carbons (Fsp3) is 0.250. The molecule has 0 aliphatic carbocycles. The van der Waals surface area contributed by atoms with Gasteiger partial charge in [-0.2, -0.15) is 0 Å². The first kappa shape index (κ1) is 16.2. The summed E-state index contributed by atoms with van der Waals surface area (Å²) in [6.07, 6.45) is 1.92. The molecule has 0 bridgehead atoms. The van der Waals surface area contributed by atoms with E-state index in [0.717, 1.165) is 23.0 Å². The Hall–Kier alpha value is -2.62. The van der Waals surface area contributed by atoms with Crippen molar-refractivity contribution in [1.29, 1.82) is 0 Å². The number of carbonyl (C=O) groups is 1. The minimum absolute atomic E-state index is 0.0322. The molecule has 0 spiro atoms. The number of nitrogens with zero attached hydrogens (tertiary/aromatic N) is 2. The Bertz CT molecular complexity index is 867. The standard InChI is InChI=1S/C20H21FN2O/c1-4-23-13-18(17-7-5-6-8-19(17)23)20(24)22(3)14(2)15-9-11-16(21)12-10-15/h5-14H,4H2,1-3H3/t14-/m0/s1. The van der Waals surface area contributed by atoms with Crippen molar-refractivity contribution in [2.75, 3.05) is 7.05 Å². The van der Waals surface area contributed by atoms with Crippen LogP contribution in [0.4, 0.5) is 4.39 Å². The molecule has 0 saturated heterocycles. The van der Waals surface area contributed by atoms with Gasteiger partial charge in [0, 0.05) is 30.7 Å². The molecule has 2 aromatic carbocycles. The normalized spacial score (nSPS) is 12.3. The smallest absolute Gasteiger partial charge is 0.256 e. The first-order chi connectivity index (χ1) is 11.5. The van der Waals surface area contributed by atoms with Crippen LogP contribution in [0, 0.1) is 5.82 Å². The number of aryl methyl sites for hydroxylation is 1. The van der Waals surface area contributed by atoms with E-state index in [0.29, 0.717) is 5.56 Å². The van der Waals surface area contributed by atoms with Crippen LogP contribution in [-0.2, 0) is 6.54 Å². The molecule has 124 valence electrons. The lowest BCUT2D eigenvalue weighted by atomic mass is 10.1. The Morgan fingerprint density at radius 1 is 1.17 bits per heavy atom. The molecule has 0 saturated carbocycles. The number of amides is 1. The first-order valence-corrected chi connectivity index (χ1v) is 8.13. The average Bonchev–Trinajstić information content (AvgIpc) is 2.99. The van der Waals surface area contributed by atoms with E-state index in [1.54, 1.807) is 24.1 Å². The molecule has 3 aromatic rings. The van der Waals surface area contributed by atoms with Crippen molar-refractivity contribution in [3.8, 4) is 0 Å². The summed E-state index contributed by atoms with van der Waals surface area (Å²) in [6.45, 7) is 4.82. The van der Waals surface area contributed by atoms with Crippen molar-refractivity contribution in [1.82, 2.24) is 9.47 Å². The maximum atomic E-state index is 13.1. The van der Waals surface area contributed by atoms with Crippen molar-refractivity contribution in [2.24, 2.45) is 0 Å². The Morgan fingerprint density at radius 2 is 1.83 bits per heavy atom. The van der Waals surface area contributed by atoms with E-state index in [2.05, 4.69) is 11.5 Å². The van der Waals surface area contributed by atoms with Crippen molar-refractivity contribution in [3.05, 3.63) is 71.7 Å². The summed E-state index contributed by atoms with van der Waals surface area (Å²) >= 11 is 0. The van der Waals surface area contributed by atoms with Gasteiger partial charge in [-0.15, -0.1) is 0 Å². The van der Waals surface area contributed by atoms with Crippen LogP contribution in [0.3, 0.4) is 0 Å². The molecule has 0 unspecified atom stereocenters. The van der Waals surface area contributed by atoms with Crippen LogP contribution >= 0.6 is 0 Å². The predicted octanol–water partition coefficient (Wildman–Crippen LogP) is 4.63. The molecule has 1 amide bonds. The molecule has 1 atom stereocenters. The van der Waals surface area contributed by atoms with Gasteiger partial charge in [-0.05, 0) is 37.6 Å². The molecule has 1 aromatic heterocycles. The highest BCUT2D eigenvalue weighted by molar-refractivity contribution is 6.07. The van der Waals surface area contributed by atoms with Crippen LogP contribution in [0.2, 0.25) is 0 Å². The second-order valence-electron chi connectivity index (χ2n) is 5.99. The Labute approximate surface area is 141 Å². The lowest BCUT2D eigenvalue weighted by Crippen LogP contribution is -2.29. The van der Waals surface area contributed by atoms with Gasteiger partial charge in [0.25, 0.3) is 5.91 Å². The van der Waals surface area contributed by atoms with Gasteiger partial charge in [0.05, 0.1) is 11.6 Å². The molecule has 0 aliphatic heterocycles. The van der Waals surface area contributed by atoms with Crippen LogP contribution < -0.4 is 0 Å². The lowest BCUT2D eigenvalue weighted by Gasteiger charge is -2.25. The topological polar surface area (TPSA) is 25.2 Å². The highest BCUT2D eigenvalue weighted by atomic mass is 19.1. The number of carbonyl (C=O) groups excluding carboxylic acids is 1. The zero-order valence-corrected chi connectivity index (χ0v) is 14.2. The number of hydrogen-bond acceptors (Lipinski definition) is 1. The zero-order valence-electron chi connectivity index (χ0n) is 14.2. The highest BCUT2D eigenvalue weighted by Crippen LogP contribution is 2.26. The van der Waals surface area contributed by atoms with Crippen LogP contribution in [0.5, 0.6) is 0 Å². The largest absolute Gasteiger partial charge is 0.347 e. The van der Waals surface area contributed by atoms with E-state index in [1.807, 2.05) is 37.4 Å². The van der Waals surface area contributed by atoms with Gasteiger partial charge in [-0.25, -0.2) is 4.39 Å². The van der Waals surface area contributed by atoms with Crippen molar-refractivity contribution in [2.45, 2.75) is 26.4 Å². The van der Waals surface area contributed by atoms with E-state index in [-0.39, 0.29) is 17.8 Å². The number of fused-ring (bicyclic) bond motifs is 1. The molecule has 0 aliphatic rings. The van der Waals surface area contributed by atoms with Crippen LogP contribution in [0.15, 0.2) is 54.7 Å². The number of para-hydroxylation sites is 1. The summed E-state index contributed by atoms with van der Waals surface area (Å²) in [5.74, 6) is -0.304. The molecule has 0 fully saturated rings. The summed E-state index contributed by atoms with van der Waals surface area (Å²) in [6, 6.07) is 14.1. The Balaban J connectivity index is 1.95. The minimum atomic E-state index is -0.272. The molecule has 3 nitrogen and oxygen atoms in total. The highest BCUT2D eigenvalue weighted by Gasteiger charge is 2.22. The molecule has 3 rings (SSSR count). The fourth-order valence-electron chi connectivity index (χ4n) is 3.01. The zero-order chi connectivity index (χ0) is 17.3. The predicted molar refractivity (Wildman–Crippen MR) is 94.5 cm³/mol. The van der Waals surface area contributed by atoms with Gasteiger partial charge in [-0.3, -0.25) is 4.79 Å². The number of benzene rings is 2. The monoisotopic (exact) mass is 324 g/mol. The van der Waals surface area contributed by atoms with Crippen molar-refractivity contribution >= 4 is 16.8 Å². The summed E-state index contributed by atoms with van der Waals surface area (Å²) in [4.78, 5) is 14.7. The fourth-order valence-corrected chi connectivity index (χ4v) is 3.01. The number of halogens is 1. The van der Waals surface area contributed by atoms with E-state index in [1.165, 1.54) is 12.1 Å². The van der Waals surface area contributed by atoms with E-state index in [4.69, 9.17) is 0 Å². The van der Waals surface area contributed by atoms with E-state index < -0.39 is 0 Å². The van der Waals surface area contributed by atoms with Gasteiger partial charge in [-0.1, -0.05) is 30.3 Å². The van der Waals surface area contributed by atoms with Gasteiger partial charge < -0.3 is 9.47 Å².